The highest BCUT2D eigenvalue weighted by Gasteiger charge is 2.33. The molecule has 3 N–H and O–H groups in total. The van der Waals surface area contributed by atoms with Gasteiger partial charge in [-0.25, -0.2) is 0 Å². The summed E-state index contributed by atoms with van der Waals surface area (Å²) in [7, 11) is 1.63. The van der Waals surface area contributed by atoms with Crippen LogP contribution in [0, 0.1) is 11.3 Å². The van der Waals surface area contributed by atoms with Crippen molar-refractivity contribution in [2.45, 2.75) is 38.3 Å². The number of nitrogen functional groups attached to an aromatic ring is 1. The smallest absolute Gasteiger partial charge is 0.130 e. The Kier molecular flexibility index (Phi) is 3.66. The molecule has 108 valence electrons. The van der Waals surface area contributed by atoms with E-state index in [1.165, 1.54) is 37.8 Å². The molecule has 3 rings (SSSR count). The summed E-state index contributed by atoms with van der Waals surface area (Å²) in [5, 5.41) is 7.56. The predicted molar refractivity (Wildman–Crippen MR) is 80.2 cm³/mol. The quantitative estimate of drug-likeness (QED) is 0.592. The first kappa shape index (κ1) is 13.4. The van der Waals surface area contributed by atoms with Crippen molar-refractivity contribution in [3.63, 3.8) is 0 Å². The Labute approximate surface area is 120 Å². The van der Waals surface area contributed by atoms with Crippen LogP contribution in [0.15, 0.2) is 18.2 Å². The summed E-state index contributed by atoms with van der Waals surface area (Å²) in [5.41, 5.74) is 7.49. The fourth-order valence-corrected chi connectivity index (χ4v) is 2.71. The minimum atomic E-state index is 0.0606. The first-order chi connectivity index (χ1) is 9.67. The van der Waals surface area contributed by atoms with Gasteiger partial charge in [-0.1, -0.05) is 6.07 Å². The van der Waals surface area contributed by atoms with E-state index in [0.717, 1.165) is 18.5 Å². The second-order valence-electron chi connectivity index (χ2n) is 6.05. The number of nitrogens with zero attached hydrogens (tertiary/aromatic N) is 1. The van der Waals surface area contributed by atoms with Gasteiger partial charge in [-0.2, -0.15) is 0 Å². The first-order valence-corrected chi connectivity index (χ1v) is 7.42. The molecular formula is C16H23N3O. The lowest BCUT2D eigenvalue weighted by Gasteiger charge is -2.22. The van der Waals surface area contributed by atoms with E-state index in [1.807, 2.05) is 12.1 Å². The fourth-order valence-electron chi connectivity index (χ4n) is 2.71. The van der Waals surface area contributed by atoms with Gasteiger partial charge in [0.05, 0.1) is 12.7 Å². The van der Waals surface area contributed by atoms with Crippen LogP contribution < -0.4 is 10.5 Å². The van der Waals surface area contributed by atoms with Crippen LogP contribution in [0.1, 0.15) is 36.8 Å². The maximum absolute atomic E-state index is 7.56. The lowest BCUT2D eigenvalue weighted by atomic mass is 10.1. The Morgan fingerprint density at radius 3 is 2.65 bits per heavy atom. The van der Waals surface area contributed by atoms with Crippen molar-refractivity contribution in [1.82, 2.24) is 4.90 Å². The molecule has 4 nitrogen and oxygen atoms in total. The Balaban J connectivity index is 1.73. The molecule has 0 aliphatic heterocycles. The SMILES string of the molecule is COc1cc(CN(CC2CC2)C2CC2)ccc1C(=N)N. The van der Waals surface area contributed by atoms with Crippen LogP contribution in [-0.2, 0) is 6.54 Å². The lowest BCUT2D eigenvalue weighted by molar-refractivity contribution is 0.244. The molecule has 0 atom stereocenters. The van der Waals surface area contributed by atoms with Gasteiger partial charge in [0.15, 0.2) is 0 Å². The molecule has 1 aromatic carbocycles. The number of benzene rings is 1. The number of hydrogen-bond acceptors (Lipinski definition) is 3. The van der Waals surface area contributed by atoms with Crippen molar-refractivity contribution >= 4 is 5.84 Å². The van der Waals surface area contributed by atoms with E-state index < -0.39 is 0 Å². The van der Waals surface area contributed by atoms with Crippen LogP contribution in [0.2, 0.25) is 0 Å². The summed E-state index contributed by atoms with van der Waals surface area (Å²) in [5.74, 6) is 1.69. The van der Waals surface area contributed by atoms with Gasteiger partial charge >= 0.3 is 0 Å². The molecule has 0 bridgehead atoms. The molecule has 2 aliphatic carbocycles. The van der Waals surface area contributed by atoms with E-state index >= 15 is 0 Å². The van der Waals surface area contributed by atoms with Crippen molar-refractivity contribution in [2.24, 2.45) is 11.7 Å². The Morgan fingerprint density at radius 1 is 1.35 bits per heavy atom. The summed E-state index contributed by atoms with van der Waals surface area (Å²) >= 11 is 0. The van der Waals surface area contributed by atoms with E-state index in [4.69, 9.17) is 15.9 Å². The van der Waals surface area contributed by atoms with Gasteiger partial charge in [0.25, 0.3) is 0 Å². The average Bonchev–Trinajstić information content (AvgIpc) is 3.29. The van der Waals surface area contributed by atoms with Crippen molar-refractivity contribution < 1.29 is 4.74 Å². The highest BCUT2D eigenvalue weighted by atomic mass is 16.5. The molecule has 1 aromatic rings. The van der Waals surface area contributed by atoms with Crippen LogP contribution in [-0.4, -0.2) is 30.4 Å². The van der Waals surface area contributed by atoms with Gasteiger partial charge in [0.1, 0.15) is 11.6 Å². The van der Waals surface area contributed by atoms with Gasteiger partial charge in [0, 0.05) is 19.1 Å². The number of hydrogen-bond donors (Lipinski definition) is 2. The minimum absolute atomic E-state index is 0.0606. The van der Waals surface area contributed by atoms with Crippen molar-refractivity contribution in [3.8, 4) is 5.75 Å². The first-order valence-electron chi connectivity index (χ1n) is 7.42. The molecule has 2 saturated carbocycles. The molecule has 2 fully saturated rings. The minimum Gasteiger partial charge on any atom is -0.496 e. The number of rotatable bonds is 7. The number of nitrogens with two attached hydrogens (primary N) is 1. The van der Waals surface area contributed by atoms with Crippen LogP contribution >= 0.6 is 0 Å². The van der Waals surface area contributed by atoms with E-state index in [0.29, 0.717) is 11.3 Å². The maximum atomic E-state index is 7.56. The van der Waals surface area contributed by atoms with Gasteiger partial charge in [0.2, 0.25) is 0 Å². The third kappa shape index (κ3) is 3.12. The van der Waals surface area contributed by atoms with Crippen LogP contribution in [0.3, 0.4) is 0 Å². The monoisotopic (exact) mass is 273 g/mol. The molecule has 20 heavy (non-hydrogen) atoms. The third-order valence-electron chi connectivity index (χ3n) is 4.19. The summed E-state index contributed by atoms with van der Waals surface area (Å²) in [6.45, 7) is 2.22. The van der Waals surface area contributed by atoms with E-state index in [1.54, 1.807) is 7.11 Å². The molecular weight excluding hydrogens is 250 g/mol. The molecule has 0 amide bonds. The van der Waals surface area contributed by atoms with Gasteiger partial charge in [-0.05, 0) is 49.3 Å². The van der Waals surface area contributed by atoms with Gasteiger partial charge in [-0.15, -0.1) is 0 Å². The molecule has 2 aliphatic rings. The fraction of sp³-hybridized carbons (Fsp3) is 0.562. The Hall–Kier alpha value is -1.55. The summed E-state index contributed by atoms with van der Waals surface area (Å²) < 4.78 is 5.36. The average molecular weight is 273 g/mol. The number of nitrogens with one attached hydrogen (secondary N) is 1. The maximum Gasteiger partial charge on any atom is 0.130 e. The molecule has 0 saturated heterocycles. The van der Waals surface area contributed by atoms with E-state index in [2.05, 4.69) is 11.0 Å². The van der Waals surface area contributed by atoms with E-state index in [-0.39, 0.29) is 5.84 Å². The van der Waals surface area contributed by atoms with Crippen LogP contribution in [0.25, 0.3) is 0 Å². The summed E-state index contributed by atoms with van der Waals surface area (Å²) in [6.07, 6.45) is 5.48. The Morgan fingerprint density at radius 2 is 2.10 bits per heavy atom. The zero-order chi connectivity index (χ0) is 14.1. The topological polar surface area (TPSA) is 62.3 Å². The Bertz CT molecular complexity index is 506. The van der Waals surface area contributed by atoms with Gasteiger partial charge in [-0.3, -0.25) is 10.3 Å². The molecule has 4 heteroatoms. The number of methoxy groups -OCH3 is 1. The lowest BCUT2D eigenvalue weighted by Crippen LogP contribution is -2.27. The second kappa shape index (κ2) is 5.44. The molecule has 0 unspecified atom stereocenters. The second-order valence-corrected chi connectivity index (χ2v) is 6.05. The standard InChI is InChI=1S/C16H23N3O/c1-20-15-8-12(4-7-14(15)16(17)18)10-19(13-5-6-13)9-11-2-3-11/h4,7-8,11,13H,2-3,5-6,9-10H2,1H3,(H3,17,18). The van der Waals surface area contributed by atoms with Gasteiger partial charge < -0.3 is 10.5 Å². The molecule has 0 radical (unpaired) electrons. The normalized spacial score (nSPS) is 18.3. The van der Waals surface area contributed by atoms with Crippen molar-refractivity contribution in [3.05, 3.63) is 29.3 Å². The molecule has 0 heterocycles. The highest BCUT2D eigenvalue weighted by molar-refractivity contribution is 5.97. The summed E-state index contributed by atoms with van der Waals surface area (Å²) in [6, 6.07) is 6.79. The number of ether oxygens (including phenoxy) is 1. The van der Waals surface area contributed by atoms with Crippen LogP contribution in [0.4, 0.5) is 0 Å². The molecule has 0 spiro atoms. The van der Waals surface area contributed by atoms with Crippen molar-refractivity contribution in [2.75, 3.05) is 13.7 Å². The highest BCUT2D eigenvalue weighted by Crippen LogP contribution is 2.36. The van der Waals surface area contributed by atoms with Crippen LogP contribution in [0.5, 0.6) is 5.75 Å². The zero-order valence-corrected chi connectivity index (χ0v) is 12.1. The third-order valence-corrected chi connectivity index (χ3v) is 4.19. The van der Waals surface area contributed by atoms with E-state index in [9.17, 15) is 0 Å². The zero-order valence-electron chi connectivity index (χ0n) is 12.1. The number of amidine groups is 1. The predicted octanol–water partition coefficient (Wildman–Crippen LogP) is 2.35. The van der Waals surface area contributed by atoms with Crippen molar-refractivity contribution in [1.29, 1.82) is 5.41 Å². The largest absolute Gasteiger partial charge is 0.496 e. The molecule has 0 aromatic heterocycles. The summed E-state index contributed by atoms with van der Waals surface area (Å²) in [4.78, 5) is 2.61.